The SMILES string of the molecule is CNc1ncc(F)cc1C(=O)N(C)c1ccccn1. The Hall–Kier alpha value is -2.50. The van der Waals surface area contributed by atoms with Crippen molar-refractivity contribution < 1.29 is 9.18 Å². The zero-order chi connectivity index (χ0) is 13.8. The molecule has 0 spiro atoms. The number of pyridine rings is 2. The normalized spacial score (nSPS) is 10.1. The maximum Gasteiger partial charge on any atom is 0.263 e. The molecule has 1 N–H and O–H groups in total. The summed E-state index contributed by atoms with van der Waals surface area (Å²) in [4.78, 5) is 21.6. The number of nitrogens with zero attached hydrogens (tertiary/aromatic N) is 3. The summed E-state index contributed by atoms with van der Waals surface area (Å²) in [5.41, 5.74) is 0.163. The molecule has 5 nitrogen and oxygen atoms in total. The number of carbonyl (C=O) groups excluding carboxylic acids is 1. The average molecular weight is 260 g/mol. The summed E-state index contributed by atoms with van der Waals surface area (Å²) in [6, 6.07) is 6.38. The van der Waals surface area contributed by atoms with Crippen molar-refractivity contribution in [3.63, 3.8) is 0 Å². The van der Waals surface area contributed by atoms with Crippen LogP contribution in [0, 0.1) is 5.82 Å². The number of rotatable bonds is 3. The van der Waals surface area contributed by atoms with Gasteiger partial charge in [0.15, 0.2) is 0 Å². The smallest absolute Gasteiger partial charge is 0.263 e. The van der Waals surface area contributed by atoms with Crippen molar-refractivity contribution in [3.05, 3.63) is 48.0 Å². The van der Waals surface area contributed by atoms with Gasteiger partial charge < -0.3 is 5.32 Å². The van der Waals surface area contributed by atoms with E-state index >= 15 is 0 Å². The Morgan fingerprint density at radius 3 is 2.79 bits per heavy atom. The largest absolute Gasteiger partial charge is 0.372 e. The zero-order valence-corrected chi connectivity index (χ0v) is 10.6. The number of anilines is 2. The van der Waals surface area contributed by atoms with Gasteiger partial charge in [-0.25, -0.2) is 14.4 Å². The van der Waals surface area contributed by atoms with E-state index in [0.29, 0.717) is 11.6 Å². The summed E-state index contributed by atoms with van der Waals surface area (Å²) in [6.45, 7) is 0. The predicted octanol–water partition coefficient (Wildman–Crippen LogP) is 1.93. The number of hydrogen-bond acceptors (Lipinski definition) is 4. The van der Waals surface area contributed by atoms with Crippen molar-refractivity contribution in [2.45, 2.75) is 0 Å². The standard InChI is InChI=1S/C13H13FN4O/c1-15-12-10(7-9(14)8-17-12)13(19)18(2)11-5-3-4-6-16-11/h3-8H,1-2H3,(H,15,17). The quantitative estimate of drug-likeness (QED) is 0.916. The first-order valence-corrected chi connectivity index (χ1v) is 5.66. The van der Waals surface area contributed by atoms with Crippen LogP contribution in [0.4, 0.5) is 16.0 Å². The van der Waals surface area contributed by atoms with E-state index in [4.69, 9.17) is 0 Å². The molecular formula is C13H13FN4O. The van der Waals surface area contributed by atoms with Crippen molar-refractivity contribution >= 4 is 17.5 Å². The van der Waals surface area contributed by atoms with Crippen LogP contribution in [0.3, 0.4) is 0 Å². The Balaban J connectivity index is 2.37. The second-order valence-corrected chi connectivity index (χ2v) is 3.85. The van der Waals surface area contributed by atoms with Crippen LogP contribution < -0.4 is 10.2 Å². The van der Waals surface area contributed by atoms with E-state index in [0.717, 1.165) is 12.3 Å². The van der Waals surface area contributed by atoms with E-state index in [1.54, 1.807) is 38.5 Å². The maximum atomic E-state index is 13.2. The van der Waals surface area contributed by atoms with Crippen LogP contribution in [0.25, 0.3) is 0 Å². The van der Waals surface area contributed by atoms with E-state index in [1.165, 1.54) is 4.90 Å². The van der Waals surface area contributed by atoms with Crippen molar-refractivity contribution in [2.24, 2.45) is 0 Å². The van der Waals surface area contributed by atoms with E-state index in [-0.39, 0.29) is 11.5 Å². The lowest BCUT2D eigenvalue weighted by Crippen LogP contribution is -2.28. The molecular weight excluding hydrogens is 247 g/mol. The molecule has 0 saturated heterocycles. The predicted molar refractivity (Wildman–Crippen MR) is 70.7 cm³/mol. The Morgan fingerprint density at radius 1 is 1.37 bits per heavy atom. The third-order valence-corrected chi connectivity index (χ3v) is 2.62. The van der Waals surface area contributed by atoms with Gasteiger partial charge in [0.1, 0.15) is 17.5 Å². The third kappa shape index (κ3) is 2.67. The van der Waals surface area contributed by atoms with E-state index in [2.05, 4.69) is 15.3 Å². The van der Waals surface area contributed by atoms with Crippen LogP contribution in [0.15, 0.2) is 36.7 Å². The van der Waals surface area contributed by atoms with Gasteiger partial charge in [0.2, 0.25) is 0 Å². The number of halogens is 1. The molecule has 0 bridgehead atoms. The van der Waals surface area contributed by atoms with Gasteiger partial charge in [-0.1, -0.05) is 6.07 Å². The first-order chi connectivity index (χ1) is 9.13. The summed E-state index contributed by atoms with van der Waals surface area (Å²) in [6.07, 6.45) is 2.64. The molecule has 0 radical (unpaired) electrons. The highest BCUT2D eigenvalue weighted by atomic mass is 19.1. The number of carbonyl (C=O) groups is 1. The van der Waals surface area contributed by atoms with Crippen molar-refractivity contribution in [2.75, 3.05) is 24.3 Å². The van der Waals surface area contributed by atoms with Crippen LogP contribution >= 0.6 is 0 Å². The Labute approximate surface area is 110 Å². The summed E-state index contributed by atoms with van der Waals surface area (Å²) < 4.78 is 13.2. The second-order valence-electron chi connectivity index (χ2n) is 3.85. The van der Waals surface area contributed by atoms with Gasteiger partial charge in [-0.2, -0.15) is 0 Å². The molecule has 1 amide bonds. The molecule has 0 aliphatic carbocycles. The van der Waals surface area contributed by atoms with Crippen molar-refractivity contribution in [1.82, 2.24) is 9.97 Å². The van der Waals surface area contributed by atoms with Gasteiger partial charge in [0, 0.05) is 20.3 Å². The topological polar surface area (TPSA) is 58.1 Å². The maximum absolute atomic E-state index is 13.2. The molecule has 19 heavy (non-hydrogen) atoms. The number of nitrogens with one attached hydrogen (secondary N) is 1. The fraction of sp³-hybridized carbons (Fsp3) is 0.154. The van der Waals surface area contributed by atoms with Gasteiger partial charge in [-0.05, 0) is 18.2 Å². The molecule has 2 rings (SSSR count). The molecule has 98 valence electrons. The van der Waals surface area contributed by atoms with Crippen LogP contribution in [0.1, 0.15) is 10.4 Å². The summed E-state index contributed by atoms with van der Waals surface area (Å²) >= 11 is 0. The van der Waals surface area contributed by atoms with E-state index in [9.17, 15) is 9.18 Å². The molecule has 0 unspecified atom stereocenters. The monoisotopic (exact) mass is 260 g/mol. The molecule has 0 aromatic carbocycles. The lowest BCUT2D eigenvalue weighted by atomic mass is 10.2. The minimum Gasteiger partial charge on any atom is -0.372 e. The fourth-order valence-corrected chi connectivity index (χ4v) is 1.64. The average Bonchev–Trinajstić information content (AvgIpc) is 2.46. The lowest BCUT2D eigenvalue weighted by Gasteiger charge is -2.17. The Bertz CT molecular complexity index is 588. The van der Waals surface area contributed by atoms with Crippen molar-refractivity contribution in [3.8, 4) is 0 Å². The molecule has 0 fully saturated rings. The lowest BCUT2D eigenvalue weighted by molar-refractivity contribution is 0.0992. The Morgan fingerprint density at radius 2 is 2.16 bits per heavy atom. The minimum atomic E-state index is -0.559. The van der Waals surface area contributed by atoms with E-state index in [1.807, 2.05) is 0 Å². The van der Waals surface area contributed by atoms with E-state index < -0.39 is 5.82 Å². The third-order valence-electron chi connectivity index (χ3n) is 2.62. The minimum absolute atomic E-state index is 0.163. The molecule has 0 atom stereocenters. The first-order valence-electron chi connectivity index (χ1n) is 5.66. The fourth-order valence-electron chi connectivity index (χ4n) is 1.64. The van der Waals surface area contributed by atoms with Crippen LogP contribution in [-0.2, 0) is 0 Å². The molecule has 2 aromatic heterocycles. The number of aromatic nitrogens is 2. The molecule has 6 heteroatoms. The van der Waals surface area contributed by atoms with Gasteiger partial charge >= 0.3 is 0 Å². The van der Waals surface area contributed by atoms with Gasteiger partial charge in [-0.15, -0.1) is 0 Å². The molecule has 0 aliphatic heterocycles. The molecule has 0 aliphatic rings. The van der Waals surface area contributed by atoms with Gasteiger partial charge in [0.05, 0.1) is 11.8 Å². The highest BCUT2D eigenvalue weighted by Gasteiger charge is 2.19. The molecule has 2 aromatic rings. The number of amides is 1. The van der Waals surface area contributed by atoms with Crippen LogP contribution in [0.2, 0.25) is 0 Å². The summed E-state index contributed by atoms with van der Waals surface area (Å²) in [5, 5.41) is 2.76. The first kappa shape index (κ1) is 12.9. The zero-order valence-electron chi connectivity index (χ0n) is 10.6. The van der Waals surface area contributed by atoms with Gasteiger partial charge in [-0.3, -0.25) is 9.69 Å². The van der Waals surface area contributed by atoms with Crippen LogP contribution in [0.5, 0.6) is 0 Å². The van der Waals surface area contributed by atoms with Crippen LogP contribution in [-0.4, -0.2) is 30.0 Å². The highest BCUT2D eigenvalue weighted by molar-refractivity contribution is 6.08. The number of hydrogen-bond donors (Lipinski definition) is 1. The van der Waals surface area contributed by atoms with Gasteiger partial charge in [0.25, 0.3) is 5.91 Å². The summed E-state index contributed by atoms with van der Waals surface area (Å²) in [7, 11) is 3.20. The second kappa shape index (κ2) is 5.43. The van der Waals surface area contributed by atoms with Crippen molar-refractivity contribution in [1.29, 1.82) is 0 Å². The molecule has 0 saturated carbocycles. The highest BCUT2D eigenvalue weighted by Crippen LogP contribution is 2.18. The summed E-state index contributed by atoms with van der Waals surface area (Å²) in [5.74, 6) is -0.125. The molecule has 2 heterocycles. The Kier molecular flexibility index (Phi) is 3.70.